The highest BCUT2D eigenvalue weighted by Gasteiger charge is 2.35. The number of aromatic nitrogens is 3. The molecule has 2 aromatic heterocycles. The summed E-state index contributed by atoms with van der Waals surface area (Å²) in [6.07, 6.45) is -2.93. The molecule has 2 heterocycles. The lowest BCUT2D eigenvalue weighted by Crippen LogP contribution is -2.37. The minimum Gasteiger partial charge on any atom is -0.465 e. The van der Waals surface area contributed by atoms with E-state index in [1.54, 1.807) is 7.05 Å². The van der Waals surface area contributed by atoms with Gasteiger partial charge in [0.05, 0.1) is 29.7 Å². The molecule has 2 aromatic rings. The maximum Gasteiger partial charge on any atom is 0.417 e. The van der Waals surface area contributed by atoms with Crippen LogP contribution in [0.25, 0.3) is 11.3 Å². The first-order valence-electron chi connectivity index (χ1n) is 6.52. The van der Waals surface area contributed by atoms with Crippen LogP contribution in [0.1, 0.15) is 5.56 Å². The molecule has 0 aliphatic carbocycles. The molecule has 0 bridgehead atoms. The zero-order valence-electron chi connectivity index (χ0n) is 12.4. The number of rotatable bonds is 3. The number of hydrogen-bond acceptors (Lipinski definition) is 3. The summed E-state index contributed by atoms with van der Waals surface area (Å²) in [5, 5.41) is 13.3. The van der Waals surface area contributed by atoms with Crippen molar-refractivity contribution >= 4 is 46.6 Å². The molecule has 0 aliphatic heterocycles. The fourth-order valence-electron chi connectivity index (χ4n) is 2.01. The average Bonchev–Trinajstić information content (AvgIpc) is 2.88. The lowest BCUT2D eigenvalue weighted by atomic mass is 10.1. The number of alkyl halides is 6. The predicted molar refractivity (Wildman–Crippen MR) is 87.1 cm³/mol. The summed E-state index contributed by atoms with van der Waals surface area (Å²) < 4.78 is 38.4. The molecule has 2 rings (SSSR count). The van der Waals surface area contributed by atoms with Crippen molar-refractivity contribution in [2.45, 2.75) is 9.97 Å². The topological polar surface area (TPSA) is 71.2 Å². The Balaban J connectivity index is 2.66. The van der Waals surface area contributed by atoms with Crippen molar-refractivity contribution in [2.75, 3.05) is 11.4 Å². The van der Waals surface area contributed by atoms with Crippen LogP contribution in [0.3, 0.4) is 0 Å². The molecule has 6 nitrogen and oxygen atoms in total. The Morgan fingerprint density at radius 2 is 1.96 bits per heavy atom. The van der Waals surface area contributed by atoms with E-state index in [-0.39, 0.29) is 11.4 Å². The quantitative estimate of drug-likeness (QED) is 0.754. The van der Waals surface area contributed by atoms with Gasteiger partial charge in [0, 0.05) is 25.0 Å². The van der Waals surface area contributed by atoms with Crippen LogP contribution in [0.5, 0.6) is 0 Å². The number of carboxylic acid groups (broad SMARTS) is 1. The van der Waals surface area contributed by atoms with Gasteiger partial charge in [-0.05, 0) is 6.07 Å². The molecule has 0 atom stereocenters. The highest BCUT2D eigenvalue weighted by molar-refractivity contribution is 6.68. The van der Waals surface area contributed by atoms with E-state index in [2.05, 4.69) is 10.1 Å². The van der Waals surface area contributed by atoms with Gasteiger partial charge in [0.15, 0.2) is 0 Å². The summed E-state index contributed by atoms with van der Waals surface area (Å²) in [6, 6.07) is 0.639. The monoisotopic (exact) mass is 416 g/mol. The van der Waals surface area contributed by atoms with E-state index in [1.165, 1.54) is 17.1 Å². The average molecular weight is 418 g/mol. The molecule has 0 spiro atoms. The van der Waals surface area contributed by atoms with Gasteiger partial charge in [-0.2, -0.15) is 18.3 Å². The van der Waals surface area contributed by atoms with E-state index < -0.39 is 28.2 Å². The zero-order chi connectivity index (χ0) is 19.0. The van der Waals surface area contributed by atoms with Crippen LogP contribution in [0.2, 0.25) is 0 Å². The van der Waals surface area contributed by atoms with Gasteiger partial charge in [-0.1, -0.05) is 34.8 Å². The Hall–Kier alpha value is -1.71. The van der Waals surface area contributed by atoms with Crippen LogP contribution < -0.4 is 4.90 Å². The summed E-state index contributed by atoms with van der Waals surface area (Å²) in [5.74, 6) is 0. The molecular formula is C13H10Cl3F3N4O2. The zero-order valence-corrected chi connectivity index (χ0v) is 14.7. The van der Waals surface area contributed by atoms with Gasteiger partial charge in [0.1, 0.15) is 0 Å². The number of amides is 1. The first kappa shape index (κ1) is 19.6. The first-order chi connectivity index (χ1) is 11.4. The SMILES string of the molecule is Cn1cc(-c2ncc(C(F)(F)F)cc2N(CC(Cl)(Cl)Cl)C(=O)O)cn1. The second-order valence-corrected chi connectivity index (χ2v) is 7.49. The van der Waals surface area contributed by atoms with Crippen molar-refractivity contribution in [3.8, 4) is 11.3 Å². The van der Waals surface area contributed by atoms with Crippen molar-refractivity contribution in [3.63, 3.8) is 0 Å². The molecule has 0 unspecified atom stereocenters. The number of aryl methyl sites for hydroxylation is 1. The smallest absolute Gasteiger partial charge is 0.417 e. The normalized spacial score (nSPS) is 12.3. The molecule has 0 fully saturated rings. The van der Waals surface area contributed by atoms with E-state index in [0.29, 0.717) is 22.7 Å². The van der Waals surface area contributed by atoms with E-state index in [1.807, 2.05) is 0 Å². The van der Waals surface area contributed by atoms with Gasteiger partial charge in [-0.3, -0.25) is 14.6 Å². The number of pyridine rings is 1. The van der Waals surface area contributed by atoms with Gasteiger partial charge < -0.3 is 5.11 Å². The van der Waals surface area contributed by atoms with Crippen molar-refractivity contribution in [3.05, 3.63) is 30.2 Å². The van der Waals surface area contributed by atoms with E-state index in [4.69, 9.17) is 34.8 Å². The van der Waals surface area contributed by atoms with Crippen molar-refractivity contribution in [2.24, 2.45) is 7.05 Å². The number of hydrogen-bond donors (Lipinski definition) is 1. The highest BCUT2D eigenvalue weighted by Crippen LogP contribution is 2.38. The Morgan fingerprint density at radius 1 is 1.32 bits per heavy atom. The summed E-state index contributed by atoms with van der Waals surface area (Å²) in [6.45, 7) is -0.691. The molecule has 25 heavy (non-hydrogen) atoms. The van der Waals surface area contributed by atoms with Crippen LogP contribution in [0.4, 0.5) is 23.7 Å². The maximum atomic E-state index is 13.0. The second-order valence-electron chi connectivity index (χ2n) is 4.98. The molecule has 12 heteroatoms. The Bertz CT molecular complexity index is 790. The van der Waals surface area contributed by atoms with E-state index in [0.717, 1.165) is 0 Å². The number of nitrogens with zero attached hydrogens (tertiary/aromatic N) is 4. The third kappa shape index (κ3) is 4.90. The molecule has 0 saturated carbocycles. The van der Waals surface area contributed by atoms with Gasteiger partial charge >= 0.3 is 12.3 Å². The third-order valence-electron chi connectivity index (χ3n) is 3.03. The molecule has 0 aliphatic rings. The van der Waals surface area contributed by atoms with Crippen LogP contribution in [-0.4, -0.2) is 36.3 Å². The van der Waals surface area contributed by atoms with Crippen LogP contribution in [0, 0.1) is 0 Å². The number of carbonyl (C=O) groups is 1. The standard InChI is InChI=1S/C13H10Cl3F3N4O2/c1-22-5-7(3-21-22)10-9(2-8(4-20-10)13(17,18)19)23(11(24)25)6-12(14,15)16/h2-5H,6H2,1H3,(H,24,25). The van der Waals surface area contributed by atoms with Crippen LogP contribution in [0.15, 0.2) is 24.7 Å². The Morgan fingerprint density at radius 3 is 2.40 bits per heavy atom. The summed E-state index contributed by atoms with van der Waals surface area (Å²) in [4.78, 5) is 15.8. The van der Waals surface area contributed by atoms with Gasteiger partial charge in [0.25, 0.3) is 0 Å². The van der Waals surface area contributed by atoms with E-state index >= 15 is 0 Å². The Kier molecular flexibility index (Phi) is 5.41. The highest BCUT2D eigenvalue weighted by atomic mass is 35.6. The maximum absolute atomic E-state index is 13.0. The van der Waals surface area contributed by atoms with Gasteiger partial charge in [-0.25, -0.2) is 4.79 Å². The third-order valence-corrected chi connectivity index (χ3v) is 3.39. The minimum atomic E-state index is -4.72. The molecule has 0 radical (unpaired) electrons. The van der Waals surface area contributed by atoms with Crippen LogP contribution >= 0.6 is 34.8 Å². The minimum absolute atomic E-state index is 0.0437. The summed E-state index contributed by atoms with van der Waals surface area (Å²) in [7, 11) is 1.59. The lowest BCUT2D eigenvalue weighted by molar-refractivity contribution is -0.137. The second kappa shape index (κ2) is 6.89. The molecule has 0 aromatic carbocycles. The molecule has 136 valence electrons. The van der Waals surface area contributed by atoms with Crippen molar-refractivity contribution in [1.82, 2.24) is 14.8 Å². The fraction of sp³-hybridized carbons (Fsp3) is 0.308. The molecule has 1 N–H and O–H groups in total. The fourth-order valence-corrected chi connectivity index (χ4v) is 2.37. The predicted octanol–water partition coefficient (Wildman–Crippen LogP) is 4.36. The van der Waals surface area contributed by atoms with E-state index in [9.17, 15) is 23.1 Å². The molecular weight excluding hydrogens is 408 g/mol. The molecule has 1 amide bonds. The summed E-state index contributed by atoms with van der Waals surface area (Å²) in [5.41, 5.74) is -1.24. The first-order valence-corrected chi connectivity index (χ1v) is 7.65. The van der Waals surface area contributed by atoms with Gasteiger partial charge in [-0.15, -0.1) is 0 Å². The number of anilines is 1. The van der Waals surface area contributed by atoms with Crippen molar-refractivity contribution < 1.29 is 23.1 Å². The van der Waals surface area contributed by atoms with Crippen molar-refractivity contribution in [1.29, 1.82) is 0 Å². The number of halogens is 6. The molecule has 0 saturated heterocycles. The summed E-state index contributed by atoms with van der Waals surface area (Å²) >= 11 is 16.9. The lowest BCUT2D eigenvalue weighted by Gasteiger charge is -2.25. The van der Waals surface area contributed by atoms with Gasteiger partial charge in [0.2, 0.25) is 3.79 Å². The Labute approximate surface area is 154 Å². The van der Waals surface area contributed by atoms with Crippen LogP contribution in [-0.2, 0) is 13.2 Å². The largest absolute Gasteiger partial charge is 0.465 e.